The van der Waals surface area contributed by atoms with E-state index in [4.69, 9.17) is 15.9 Å². The number of hydrogen-bond acceptors (Lipinski definition) is 3. The van der Waals surface area contributed by atoms with Crippen molar-refractivity contribution >= 4 is 5.96 Å². The second kappa shape index (κ2) is 10.7. The van der Waals surface area contributed by atoms with Crippen molar-refractivity contribution in [1.82, 2.24) is 10.6 Å². The third-order valence-corrected chi connectivity index (χ3v) is 2.75. The minimum Gasteiger partial charge on any atom is -0.379 e. The molecule has 0 aromatic rings. The smallest absolute Gasteiger partial charge is 0.192 e. The Balaban J connectivity index is 2.03. The molecule has 1 aliphatic heterocycles. The maximum absolute atomic E-state index is 5.57. The van der Waals surface area contributed by atoms with Gasteiger partial charge in [0.2, 0.25) is 0 Å². The fourth-order valence-electron chi connectivity index (χ4n) is 1.82. The number of rotatable bonds is 8. The molecule has 5 nitrogen and oxygen atoms in total. The summed E-state index contributed by atoms with van der Waals surface area (Å²) in [4.78, 5) is 4.41. The first kappa shape index (κ1) is 15.8. The fourth-order valence-corrected chi connectivity index (χ4v) is 1.82. The highest BCUT2D eigenvalue weighted by Crippen LogP contribution is 2.11. The van der Waals surface area contributed by atoms with E-state index in [0.29, 0.717) is 19.3 Å². The standard InChI is InChI=1S/C14H25N3O2/c1-3-8-16-14(15-4-2)17-9-6-10-18-12-13-7-5-11-19-13/h1,13H,4-12H2,2H3,(H2,15,16,17). The molecule has 19 heavy (non-hydrogen) atoms. The molecule has 1 fully saturated rings. The Morgan fingerprint density at radius 1 is 1.53 bits per heavy atom. The van der Waals surface area contributed by atoms with Crippen LogP contribution in [0.25, 0.3) is 0 Å². The zero-order valence-electron chi connectivity index (χ0n) is 11.8. The lowest BCUT2D eigenvalue weighted by Crippen LogP contribution is -2.37. The Morgan fingerprint density at radius 3 is 3.11 bits per heavy atom. The number of aliphatic imine (C=N–C) groups is 1. The predicted molar refractivity (Wildman–Crippen MR) is 77.2 cm³/mol. The first-order valence-electron chi connectivity index (χ1n) is 7.01. The summed E-state index contributed by atoms with van der Waals surface area (Å²) in [5, 5.41) is 6.18. The fraction of sp³-hybridized carbons (Fsp3) is 0.786. The average molecular weight is 267 g/mol. The molecule has 0 aromatic heterocycles. The first-order chi connectivity index (χ1) is 9.36. The zero-order chi connectivity index (χ0) is 13.8. The molecule has 0 radical (unpaired) electrons. The highest BCUT2D eigenvalue weighted by molar-refractivity contribution is 5.79. The Bertz CT molecular complexity index is 294. The van der Waals surface area contributed by atoms with Crippen LogP contribution >= 0.6 is 0 Å². The summed E-state index contributed by atoms with van der Waals surface area (Å²) in [7, 11) is 0. The van der Waals surface area contributed by atoms with E-state index in [-0.39, 0.29) is 0 Å². The van der Waals surface area contributed by atoms with Crippen molar-refractivity contribution in [3.8, 4) is 12.3 Å². The van der Waals surface area contributed by atoms with Crippen molar-refractivity contribution in [2.45, 2.75) is 32.3 Å². The van der Waals surface area contributed by atoms with Crippen LogP contribution in [0, 0.1) is 12.3 Å². The van der Waals surface area contributed by atoms with Crippen LogP contribution in [0.1, 0.15) is 26.2 Å². The third-order valence-electron chi connectivity index (χ3n) is 2.75. The van der Waals surface area contributed by atoms with E-state index in [1.807, 2.05) is 6.92 Å². The lowest BCUT2D eigenvalue weighted by atomic mass is 10.2. The molecule has 1 heterocycles. The van der Waals surface area contributed by atoms with Gasteiger partial charge >= 0.3 is 0 Å². The number of nitrogens with one attached hydrogen (secondary N) is 2. The van der Waals surface area contributed by atoms with Gasteiger partial charge in [0.1, 0.15) is 0 Å². The van der Waals surface area contributed by atoms with Crippen LogP contribution in [-0.4, -0.2) is 51.5 Å². The van der Waals surface area contributed by atoms with Gasteiger partial charge in [0, 0.05) is 26.3 Å². The molecule has 0 aliphatic carbocycles. The van der Waals surface area contributed by atoms with E-state index < -0.39 is 0 Å². The molecule has 0 aromatic carbocycles. The van der Waals surface area contributed by atoms with Gasteiger partial charge in [-0.2, -0.15) is 0 Å². The number of nitrogens with zero attached hydrogens (tertiary/aromatic N) is 1. The summed E-state index contributed by atoms with van der Waals surface area (Å²) in [5.41, 5.74) is 0. The van der Waals surface area contributed by atoms with E-state index in [0.717, 1.165) is 51.5 Å². The van der Waals surface area contributed by atoms with Crippen LogP contribution in [0.2, 0.25) is 0 Å². The van der Waals surface area contributed by atoms with E-state index >= 15 is 0 Å². The molecule has 1 atom stereocenters. The van der Waals surface area contributed by atoms with E-state index in [9.17, 15) is 0 Å². The molecular formula is C14H25N3O2. The molecule has 1 unspecified atom stereocenters. The summed E-state index contributed by atoms with van der Waals surface area (Å²) in [6, 6.07) is 0. The summed E-state index contributed by atoms with van der Waals surface area (Å²) in [5.74, 6) is 3.29. The third kappa shape index (κ3) is 7.70. The molecule has 2 N–H and O–H groups in total. The van der Waals surface area contributed by atoms with Gasteiger partial charge in [0.25, 0.3) is 0 Å². The van der Waals surface area contributed by atoms with Crippen molar-refractivity contribution in [2.24, 2.45) is 4.99 Å². The zero-order valence-corrected chi connectivity index (χ0v) is 11.8. The lowest BCUT2D eigenvalue weighted by molar-refractivity contribution is 0.0171. The van der Waals surface area contributed by atoms with Gasteiger partial charge < -0.3 is 20.1 Å². The topological polar surface area (TPSA) is 54.9 Å². The number of ether oxygens (including phenoxy) is 2. The van der Waals surface area contributed by atoms with Gasteiger partial charge in [-0.05, 0) is 26.2 Å². The SMILES string of the molecule is C#CCNC(=NCCCOCC1CCCO1)NCC. The highest BCUT2D eigenvalue weighted by atomic mass is 16.5. The molecule has 1 saturated heterocycles. The van der Waals surface area contributed by atoms with Gasteiger partial charge in [-0.3, -0.25) is 4.99 Å². The monoisotopic (exact) mass is 267 g/mol. The number of guanidine groups is 1. The summed E-state index contributed by atoms with van der Waals surface area (Å²) in [6.07, 6.45) is 8.69. The summed E-state index contributed by atoms with van der Waals surface area (Å²) < 4.78 is 11.1. The molecule has 1 aliphatic rings. The quantitative estimate of drug-likeness (QED) is 0.295. The Hall–Kier alpha value is -1.25. The highest BCUT2D eigenvalue weighted by Gasteiger charge is 2.14. The van der Waals surface area contributed by atoms with Crippen LogP contribution in [0.5, 0.6) is 0 Å². The first-order valence-corrected chi connectivity index (χ1v) is 7.01. The normalized spacial score (nSPS) is 19.2. The maximum Gasteiger partial charge on any atom is 0.192 e. The van der Waals surface area contributed by atoms with Crippen LogP contribution in [0.15, 0.2) is 4.99 Å². The minimum absolute atomic E-state index is 0.304. The Labute approximate surface area is 116 Å². The molecule has 0 spiro atoms. The van der Waals surface area contributed by atoms with E-state index in [2.05, 4.69) is 21.5 Å². The number of hydrogen-bond donors (Lipinski definition) is 2. The molecule has 0 bridgehead atoms. The maximum atomic E-state index is 5.57. The van der Waals surface area contributed by atoms with Crippen LogP contribution in [0.3, 0.4) is 0 Å². The van der Waals surface area contributed by atoms with Crippen molar-refractivity contribution < 1.29 is 9.47 Å². The van der Waals surface area contributed by atoms with Crippen LogP contribution in [-0.2, 0) is 9.47 Å². The van der Waals surface area contributed by atoms with Gasteiger partial charge in [0.15, 0.2) is 5.96 Å². The van der Waals surface area contributed by atoms with E-state index in [1.165, 1.54) is 0 Å². The Kier molecular flexibility index (Phi) is 8.86. The average Bonchev–Trinajstić information content (AvgIpc) is 2.93. The molecule has 108 valence electrons. The lowest BCUT2D eigenvalue weighted by Gasteiger charge is -2.10. The number of terminal acetylenes is 1. The van der Waals surface area contributed by atoms with Crippen molar-refractivity contribution in [2.75, 3.05) is 39.5 Å². The van der Waals surface area contributed by atoms with Gasteiger partial charge in [0.05, 0.1) is 19.3 Å². The van der Waals surface area contributed by atoms with Crippen molar-refractivity contribution in [3.05, 3.63) is 0 Å². The summed E-state index contributed by atoms with van der Waals surface area (Å²) in [6.45, 7) is 6.37. The van der Waals surface area contributed by atoms with Gasteiger partial charge in [-0.1, -0.05) is 5.92 Å². The molecule has 1 rings (SSSR count). The van der Waals surface area contributed by atoms with Crippen LogP contribution < -0.4 is 10.6 Å². The summed E-state index contributed by atoms with van der Waals surface area (Å²) >= 11 is 0. The molecule has 0 amide bonds. The second-order valence-electron chi connectivity index (χ2n) is 4.38. The van der Waals surface area contributed by atoms with Crippen molar-refractivity contribution in [3.63, 3.8) is 0 Å². The van der Waals surface area contributed by atoms with Crippen molar-refractivity contribution in [1.29, 1.82) is 0 Å². The predicted octanol–water partition coefficient (Wildman–Crippen LogP) is 0.760. The largest absolute Gasteiger partial charge is 0.379 e. The second-order valence-corrected chi connectivity index (χ2v) is 4.38. The molecular weight excluding hydrogens is 242 g/mol. The molecule has 5 heteroatoms. The Morgan fingerprint density at radius 2 is 2.42 bits per heavy atom. The van der Waals surface area contributed by atoms with Crippen LogP contribution in [0.4, 0.5) is 0 Å². The molecule has 0 saturated carbocycles. The van der Waals surface area contributed by atoms with E-state index in [1.54, 1.807) is 0 Å². The van der Waals surface area contributed by atoms with Gasteiger partial charge in [-0.15, -0.1) is 6.42 Å². The minimum atomic E-state index is 0.304. The van der Waals surface area contributed by atoms with Gasteiger partial charge in [-0.25, -0.2) is 0 Å².